The Kier molecular flexibility index (Phi) is 3.77. The number of nitrogens with zero attached hydrogens (tertiary/aromatic N) is 1. The zero-order valence-corrected chi connectivity index (χ0v) is 10.8. The van der Waals surface area contributed by atoms with Gasteiger partial charge in [-0.2, -0.15) is 5.26 Å². The second kappa shape index (κ2) is 5.30. The van der Waals surface area contributed by atoms with Gasteiger partial charge in [-0.3, -0.25) is 4.79 Å². The zero-order chi connectivity index (χ0) is 12.3. The Morgan fingerprint density at radius 3 is 3.06 bits per heavy atom. The van der Waals surface area contributed by atoms with Crippen LogP contribution in [0, 0.1) is 11.3 Å². The van der Waals surface area contributed by atoms with Gasteiger partial charge in [0.15, 0.2) is 0 Å². The lowest BCUT2D eigenvalue weighted by atomic mass is 10.1. The van der Waals surface area contributed by atoms with Crippen LogP contribution in [0.15, 0.2) is 22.7 Å². The molecule has 0 radical (unpaired) electrons. The molecule has 0 saturated carbocycles. The van der Waals surface area contributed by atoms with Crippen LogP contribution in [0.4, 0.5) is 5.69 Å². The lowest BCUT2D eigenvalue weighted by Gasteiger charge is -2.12. The third kappa shape index (κ3) is 2.84. The molecule has 1 atom stereocenters. The summed E-state index contributed by atoms with van der Waals surface area (Å²) in [6, 6.07) is 7.16. The molecule has 0 spiro atoms. The molecule has 1 aromatic rings. The second-order valence-corrected chi connectivity index (χ2v) is 4.86. The Morgan fingerprint density at radius 2 is 2.41 bits per heavy atom. The number of amides is 1. The fourth-order valence-corrected chi connectivity index (χ4v) is 2.21. The summed E-state index contributed by atoms with van der Waals surface area (Å²) in [7, 11) is 0. The van der Waals surface area contributed by atoms with Crippen LogP contribution >= 0.6 is 15.9 Å². The molecule has 5 heteroatoms. The van der Waals surface area contributed by atoms with Gasteiger partial charge >= 0.3 is 0 Å². The van der Waals surface area contributed by atoms with E-state index in [-0.39, 0.29) is 11.9 Å². The van der Waals surface area contributed by atoms with E-state index in [9.17, 15) is 4.79 Å². The van der Waals surface area contributed by atoms with Crippen molar-refractivity contribution < 1.29 is 4.79 Å². The molecule has 1 aromatic carbocycles. The summed E-state index contributed by atoms with van der Waals surface area (Å²) in [6.07, 6.45) is 1.87. The minimum Gasteiger partial charge on any atom is -0.324 e. The highest BCUT2D eigenvalue weighted by Crippen LogP contribution is 2.21. The van der Waals surface area contributed by atoms with Crippen molar-refractivity contribution in [2.75, 3.05) is 11.9 Å². The van der Waals surface area contributed by atoms with Gasteiger partial charge < -0.3 is 10.6 Å². The maximum absolute atomic E-state index is 11.9. The molecule has 1 heterocycles. The van der Waals surface area contributed by atoms with Crippen molar-refractivity contribution in [3.05, 3.63) is 28.2 Å². The third-order valence-corrected chi connectivity index (χ3v) is 3.23. The third-order valence-electron chi connectivity index (χ3n) is 2.74. The van der Waals surface area contributed by atoms with Crippen molar-refractivity contribution in [1.29, 1.82) is 5.26 Å². The number of nitrogens with one attached hydrogen (secondary N) is 2. The number of benzene rings is 1. The lowest BCUT2D eigenvalue weighted by Crippen LogP contribution is -2.35. The summed E-state index contributed by atoms with van der Waals surface area (Å²) in [6.45, 7) is 0.879. The van der Waals surface area contributed by atoms with Crippen LogP contribution in [0.3, 0.4) is 0 Å². The molecule has 4 nitrogen and oxygen atoms in total. The quantitative estimate of drug-likeness (QED) is 0.877. The first-order valence-corrected chi connectivity index (χ1v) is 6.24. The van der Waals surface area contributed by atoms with Crippen LogP contribution in [0.2, 0.25) is 0 Å². The molecule has 2 rings (SSSR count). The van der Waals surface area contributed by atoms with Gasteiger partial charge in [0.1, 0.15) is 6.07 Å². The maximum atomic E-state index is 11.9. The molecule has 1 aliphatic heterocycles. The summed E-state index contributed by atoms with van der Waals surface area (Å²) in [5, 5.41) is 14.9. The highest BCUT2D eigenvalue weighted by atomic mass is 79.9. The molecule has 0 bridgehead atoms. The molecule has 2 N–H and O–H groups in total. The average Bonchev–Trinajstić information content (AvgIpc) is 2.85. The number of halogens is 1. The first kappa shape index (κ1) is 12.1. The Balaban J connectivity index is 2.13. The van der Waals surface area contributed by atoms with E-state index in [1.165, 1.54) is 0 Å². The first-order chi connectivity index (χ1) is 8.20. The molecule has 1 saturated heterocycles. The van der Waals surface area contributed by atoms with Gasteiger partial charge in [-0.05, 0) is 37.6 Å². The summed E-state index contributed by atoms with van der Waals surface area (Å²) < 4.78 is 0.825. The van der Waals surface area contributed by atoms with Gasteiger partial charge in [-0.25, -0.2) is 0 Å². The molecular weight excluding hydrogens is 282 g/mol. The number of hydrogen-bond donors (Lipinski definition) is 2. The molecular formula is C12H12BrN3O. The molecule has 17 heavy (non-hydrogen) atoms. The van der Waals surface area contributed by atoms with Crippen LogP contribution in [0.25, 0.3) is 0 Å². The van der Waals surface area contributed by atoms with Crippen molar-refractivity contribution in [2.45, 2.75) is 18.9 Å². The molecule has 0 unspecified atom stereocenters. The Morgan fingerprint density at radius 1 is 1.59 bits per heavy atom. The predicted octanol–water partition coefficient (Wildman–Crippen LogP) is 2.01. The summed E-state index contributed by atoms with van der Waals surface area (Å²) in [5.74, 6) is -0.0682. The van der Waals surface area contributed by atoms with Crippen LogP contribution in [0.1, 0.15) is 18.4 Å². The highest BCUT2D eigenvalue weighted by Gasteiger charge is 2.22. The van der Waals surface area contributed by atoms with E-state index in [4.69, 9.17) is 5.26 Å². The van der Waals surface area contributed by atoms with E-state index in [0.717, 1.165) is 23.9 Å². The predicted molar refractivity (Wildman–Crippen MR) is 68.5 cm³/mol. The van der Waals surface area contributed by atoms with Gasteiger partial charge in [0.2, 0.25) is 5.91 Å². The minimum absolute atomic E-state index is 0.0682. The molecule has 1 amide bonds. The van der Waals surface area contributed by atoms with Crippen LogP contribution in [-0.2, 0) is 4.79 Å². The molecule has 1 aliphatic rings. The lowest BCUT2D eigenvalue weighted by molar-refractivity contribution is -0.117. The van der Waals surface area contributed by atoms with Crippen molar-refractivity contribution in [3.8, 4) is 6.07 Å². The van der Waals surface area contributed by atoms with Crippen molar-refractivity contribution >= 4 is 27.5 Å². The van der Waals surface area contributed by atoms with Crippen molar-refractivity contribution in [2.24, 2.45) is 0 Å². The normalized spacial score (nSPS) is 18.7. The van der Waals surface area contributed by atoms with E-state index in [2.05, 4.69) is 32.6 Å². The Labute approximate surface area is 108 Å². The average molecular weight is 294 g/mol. The van der Waals surface area contributed by atoms with Gasteiger partial charge in [-0.1, -0.05) is 15.9 Å². The number of anilines is 1. The van der Waals surface area contributed by atoms with Crippen LogP contribution in [-0.4, -0.2) is 18.5 Å². The molecule has 1 fully saturated rings. The maximum Gasteiger partial charge on any atom is 0.241 e. The van der Waals surface area contributed by atoms with E-state index in [1.807, 2.05) is 0 Å². The van der Waals surface area contributed by atoms with E-state index in [0.29, 0.717) is 11.3 Å². The number of hydrogen-bond acceptors (Lipinski definition) is 3. The van der Waals surface area contributed by atoms with E-state index in [1.54, 1.807) is 18.2 Å². The number of nitriles is 1. The molecule has 0 aliphatic carbocycles. The van der Waals surface area contributed by atoms with Gasteiger partial charge in [0.05, 0.1) is 17.3 Å². The summed E-state index contributed by atoms with van der Waals surface area (Å²) in [5.41, 5.74) is 1.03. The van der Waals surface area contributed by atoms with E-state index >= 15 is 0 Å². The smallest absolute Gasteiger partial charge is 0.241 e. The first-order valence-electron chi connectivity index (χ1n) is 5.44. The van der Waals surface area contributed by atoms with Crippen LogP contribution in [0.5, 0.6) is 0 Å². The SMILES string of the molecule is N#Cc1cc(Br)ccc1NC(=O)[C@@H]1CCCN1. The van der Waals surface area contributed by atoms with Crippen molar-refractivity contribution in [1.82, 2.24) is 5.32 Å². The fourth-order valence-electron chi connectivity index (χ4n) is 1.85. The van der Waals surface area contributed by atoms with Crippen LogP contribution < -0.4 is 10.6 Å². The molecule has 88 valence electrons. The number of carbonyl (C=O) groups is 1. The second-order valence-electron chi connectivity index (χ2n) is 3.94. The Hall–Kier alpha value is -1.38. The van der Waals surface area contributed by atoms with E-state index < -0.39 is 0 Å². The van der Waals surface area contributed by atoms with Gasteiger partial charge in [0, 0.05) is 4.47 Å². The largest absolute Gasteiger partial charge is 0.324 e. The van der Waals surface area contributed by atoms with Gasteiger partial charge in [-0.15, -0.1) is 0 Å². The highest BCUT2D eigenvalue weighted by molar-refractivity contribution is 9.10. The topological polar surface area (TPSA) is 64.9 Å². The molecule has 0 aromatic heterocycles. The number of rotatable bonds is 2. The number of carbonyl (C=O) groups excluding carboxylic acids is 1. The van der Waals surface area contributed by atoms with Gasteiger partial charge in [0.25, 0.3) is 0 Å². The standard InChI is InChI=1S/C12H12BrN3O/c13-9-3-4-10(8(6-9)7-14)16-12(17)11-2-1-5-15-11/h3-4,6,11,15H,1-2,5H2,(H,16,17)/t11-/m0/s1. The Bertz CT molecular complexity index is 475. The summed E-state index contributed by atoms with van der Waals surface area (Å²) in [4.78, 5) is 11.9. The van der Waals surface area contributed by atoms with Crippen molar-refractivity contribution in [3.63, 3.8) is 0 Å². The summed E-state index contributed by atoms with van der Waals surface area (Å²) >= 11 is 3.29. The monoisotopic (exact) mass is 293 g/mol. The zero-order valence-electron chi connectivity index (χ0n) is 9.16. The fraction of sp³-hybridized carbons (Fsp3) is 0.333. The minimum atomic E-state index is -0.134.